The minimum absolute atomic E-state index is 0.164. The first-order valence-electron chi connectivity index (χ1n) is 11.5. The van der Waals surface area contributed by atoms with Crippen molar-refractivity contribution in [3.63, 3.8) is 0 Å². The van der Waals surface area contributed by atoms with Crippen molar-refractivity contribution in [3.05, 3.63) is 95.2 Å². The lowest BCUT2D eigenvalue weighted by Crippen LogP contribution is -2.39. The largest absolute Gasteiger partial charge is 0.497 e. The Labute approximate surface area is 199 Å². The predicted molar refractivity (Wildman–Crippen MR) is 133 cm³/mol. The first kappa shape index (κ1) is 22.2. The second-order valence-electron chi connectivity index (χ2n) is 8.48. The number of nitrogens with one attached hydrogen (secondary N) is 1. The summed E-state index contributed by atoms with van der Waals surface area (Å²) in [5, 5.41) is 4.05. The molecular formula is C28H28N2O4. The molecule has 1 N–H and O–H groups in total. The molecule has 0 saturated carbocycles. The van der Waals surface area contributed by atoms with Crippen LogP contribution in [0.3, 0.4) is 0 Å². The maximum Gasteiger partial charge on any atom is 0.255 e. The second-order valence-corrected chi connectivity index (χ2v) is 8.48. The molecule has 0 spiro atoms. The normalized spacial score (nSPS) is 15.2. The van der Waals surface area contributed by atoms with Gasteiger partial charge in [-0.1, -0.05) is 42.0 Å². The van der Waals surface area contributed by atoms with Gasteiger partial charge in [0.15, 0.2) is 0 Å². The predicted octanol–water partition coefficient (Wildman–Crippen LogP) is 5.42. The van der Waals surface area contributed by atoms with Crippen LogP contribution in [0.2, 0.25) is 0 Å². The van der Waals surface area contributed by atoms with Crippen LogP contribution >= 0.6 is 0 Å². The van der Waals surface area contributed by atoms with Gasteiger partial charge in [-0.25, -0.2) is 0 Å². The van der Waals surface area contributed by atoms with E-state index >= 15 is 0 Å². The molecule has 1 atom stereocenters. The third-order valence-corrected chi connectivity index (χ3v) is 6.27. The zero-order chi connectivity index (χ0) is 23.5. The molecule has 5 rings (SSSR count). The number of nitrogens with zero attached hydrogens (tertiary/aromatic N) is 1. The summed E-state index contributed by atoms with van der Waals surface area (Å²) < 4.78 is 17.4. The van der Waals surface area contributed by atoms with Crippen LogP contribution in [0.4, 0.5) is 5.69 Å². The number of rotatable bonds is 6. The molecule has 1 aliphatic heterocycles. The molecule has 1 aromatic heterocycles. The number of morpholine rings is 1. The van der Waals surface area contributed by atoms with Gasteiger partial charge in [0.25, 0.3) is 5.91 Å². The molecule has 3 aromatic carbocycles. The highest BCUT2D eigenvalue weighted by Crippen LogP contribution is 2.41. The number of carbonyl (C=O) groups excluding carboxylic acids is 1. The van der Waals surface area contributed by atoms with Gasteiger partial charge in [0.1, 0.15) is 17.1 Å². The zero-order valence-electron chi connectivity index (χ0n) is 19.4. The average Bonchev–Trinajstić information content (AvgIpc) is 3.23. The molecule has 4 aromatic rings. The first-order valence-corrected chi connectivity index (χ1v) is 11.5. The van der Waals surface area contributed by atoms with Crippen molar-refractivity contribution in [1.82, 2.24) is 4.90 Å². The first-order chi connectivity index (χ1) is 16.6. The van der Waals surface area contributed by atoms with Crippen molar-refractivity contribution in [3.8, 4) is 5.75 Å². The summed E-state index contributed by atoms with van der Waals surface area (Å²) in [6, 6.07) is 23.2. The van der Waals surface area contributed by atoms with Crippen molar-refractivity contribution >= 4 is 22.6 Å². The number of aryl methyl sites for hydroxylation is 1. The Bertz CT molecular complexity index is 1270. The number of carbonyl (C=O) groups is 1. The number of amides is 1. The molecule has 1 saturated heterocycles. The summed E-state index contributed by atoms with van der Waals surface area (Å²) in [7, 11) is 1.66. The number of ether oxygens (including phenoxy) is 2. The topological polar surface area (TPSA) is 63.9 Å². The van der Waals surface area contributed by atoms with E-state index in [1.165, 1.54) is 0 Å². The summed E-state index contributed by atoms with van der Waals surface area (Å²) in [6.07, 6.45) is 0. The Balaban J connectivity index is 1.61. The smallest absolute Gasteiger partial charge is 0.255 e. The number of para-hydroxylation sites is 1. The van der Waals surface area contributed by atoms with E-state index in [1.54, 1.807) is 7.11 Å². The molecule has 1 fully saturated rings. The summed E-state index contributed by atoms with van der Waals surface area (Å²) >= 11 is 0. The molecule has 6 nitrogen and oxygen atoms in total. The molecule has 6 heteroatoms. The fraction of sp³-hybridized carbons (Fsp3) is 0.250. The number of anilines is 1. The summed E-state index contributed by atoms with van der Waals surface area (Å²) in [5.41, 5.74) is 4.22. The molecule has 1 aliphatic rings. The quantitative estimate of drug-likeness (QED) is 0.420. The van der Waals surface area contributed by atoms with E-state index in [4.69, 9.17) is 13.9 Å². The van der Waals surface area contributed by atoms with Crippen LogP contribution in [-0.4, -0.2) is 44.2 Å². The van der Waals surface area contributed by atoms with Gasteiger partial charge in [-0.2, -0.15) is 0 Å². The number of furan rings is 1. The number of hydrogen-bond acceptors (Lipinski definition) is 5. The Kier molecular flexibility index (Phi) is 6.34. The Morgan fingerprint density at radius 3 is 2.38 bits per heavy atom. The molecule has 0 unspecified atom stereocenters. The molecule has 0 bridgehead atoms. The summed E-state index contributed by atoms with van der Waals surface area (Å²) in [6.45, 7) is 4.83. The van der Waals surface area contributed by atoms with Gasteiger partial charge in [0.2, 0.25) is 0 Å². The standard InChI is InChI=1S/C28H28N2O4/c1-19-7-9-21(10-8-19)28(31)29-25-23-5-3-4-6-24(23)34-27(25)26(30-15-17-33-18-16-30)20-11-13-22(32-2)14-12-20/h3-14,26H,15-18H2,1-2H3,(H,29,31)/t26-/m1/s1. The van der Waals surface area contributed by atoms with Crippen LogP contribution in [-0.2, 0) is 4.74 Å². The van der Waals surface area contributed by atoms with Gasteiger partial charge in [-0.05, 0) is 48.9 Å². The fourth-order valence-electron chi connectivity index (χ4n) is 4.43. The van der Waals surface area contributed by atoms with Crippen LogP contribution in [0.15, 0.2) is 77.2 Å². The van der Waals surface area contributed by atoms with Crippen LogP contribution < -0.4 is 10.1 Å². The molecule has 0 radical (unpaired) electrons. The average molecular weight is 457 g/mol. The van der Waals surface area contributed by atoms with Crippen molar-refractivity contribution in [2.45, 2.75) is 13.0 Å². The molecule has 174 valence electrons. The highest BCUT2D eigenvalue weighted by molar-refractivity contribution is 6.09. The van der Waals surface area contributed by atoms with Gasteiger partial charge in [0, 0.05) is 24.0 Å². The van der Waals surface area contributed by atoms with E-state index in [0.29, 0.717) is 30.2 Å². The monoisotopic (exact) mass is 456 g/mol. The number of fused-ring (bicyclic) bond motifs is 1. The van der Waals surface area contributed by atoms with E-state index in [2.05, 4.69) is 22.3 Å². The molecule has 34 heavy (non-hydrogen) atoms. The number of hydrogen-bond donors (Lipinski definition) is 1. The van der Waals surface area contributed by atoms with Gasteiger partial charge >= 0.3 is 0 Å². The Morgan fingerprint density at radius 1 is 0.971 bits per heavy atom. The maximum atomic E-state index is 13.2. The SMILES string of the molecule is COc1ccc([C@H](c2oc3ccccc3c2NC(=O)c2ccc(C)cc2)N2CCOCC2)cc1. The van der Waals surface area contributed by atoms with Crippen molar-refractivity contribution in [1.29, 1.82) is 0 Å². The lowest BCUT2D eigenvalue weighted by Gasteiger charge is -2.34. The van der Waals surface area contributed by atoms with E-state index in [0.717, 1.165) is 40.9 Å². The van der Waals surface area contributed by atoms with Gasteiger partial charge < -0.3 is 19.2 Å². The Morgan fingerprint density at radius 2 is 1.68 bits per heavy atom. The highest BCUT2D eigenvalue weighted by Gasteiger charge is 2.31. The van der Waals surface area contributed by atoms with Crippen LogP contribution in [0.1, 0.15) is 33.3 Å². The minimum atomic E-state index is -0.185. The number of methoxy groups -OCH3 is 1. The molecular weight excluding hydrogens is 428 g/mol. The van der Waals surface area contributed by atoms with Gasteiger partial charge in [0.05, 0.1) is 32.1 Å². The van der Waals surface area contributed by atoms with E-state index in [9.17, 15) is 4.79 Å². The third kappa shape index (κ3) is 4.42. The van der Waals surface area contributed by atoms with Crippen molar-refractivity contribution in [2.24, 2.45) is 0 Å². The zero-order valence-corrected chi connectivity index (χ0v) is 19.4. The highest BCUT2D eigenvalue weighted by atomic mass is 16.5. The maximum absolute atomic E-state index is 13.2. The molecule has 2 heterocycles. The van der Waals surface area contributed by atoms with Gasteiger partial charge in [-0.15, -0.1) is 0 Å². The van der Waals surface area contributed by atoms with Crippen molar-refractivity contribution < 1.29 is 18.7 Å². The third-order valence-electron chi connectivity index (χ3n) is 6.27. The van der Waals surface area contributed by atoms with Crippen molar-refractivity contribution in [2.75, 3.05) is 38.7 Å². The van der Waals surface area contributed by atoms with Crippen LogP contribution in [0.5, 0.6) is 5.75 Å². The fourth-order valence-corrected chi connectivity index (χ4v) is 4.43. The summed E-state index contributed by atoms with van der Waals surface area (Å²) in [5.74, 6) is 1.35. The van der Waals surface area contributed by atoms with Crippen LogP contribution in [0.25, 0.3) is 11.0 Å². The molecule has 1 amide bonds. The summed E-state index contributed by atoms with van der Waals surface area (Å²) in [4.78, 5) is 15.6. The van der Waals surface area contributed by atoms with E-state index in [1.807, 2.05) is 67.6 Å². The lowest BCUT2D eigenvalue weighted by atomic mass is 10.00. The lowest BCUT2D eigenvalue weighted by molar-refractivity contribution is 0.0206. The second kappa shape index (κ2) is 9.71. The van der Waals surface area contributed by atoms with E-state index in [-0.39, 0.29) is 11.9 Å². The van der Waals surface area contributed by atoms with Crippen LogP contribution in [0, 0.1) is 6.92 Å². The molecule has 0 aliphatic carbocycles. The Hall–Kier alpha value is -3.61. The van der Waals surface area contributed by atoms with E-state index < -0.39 is 0 Å². The van der Waals surface area contributed by atoms with Gasteiger partial charge in [-0.3, -0.25) is 9.69 Å². The minimum Gasteiger partial charge on any atom is -0.497 e. The number of benzene rings is 3.